The fourth-order valence-corrected chi connectivity index (χ4v) is 4.65. The molecule has 4 heteroatoms. The number of benzene rings is 3. The molecule has 1 amide bonds. The summed E-state index contributed by atoms with van der Waals surface area (Å²) in [4.78, 5) is 17.2. The van der Waals surface area contributed by atoms with E-state index < -0.39 is 0 Å². The molecule has 1 aliphatic heterocycles. The number of hydrogen-bond donors (Lipinski definition) is 1. The predicted molar refractivity (Wildman–Crippen MR) is 127 cm³/mol. The monoisotopic (exact) mass is 413 g/mol. The Hall–Kier alpha value is -3.11. The first-order chi connectivity index (χ1) is 15.1. The lowest BCUT2D eigenvalue weighted by Crippen LogP contribution is -2.41. The lowest BCUT2D eigenvalue weighted by Gasteiger charge is -2.39. The molecule has 3 aromatic carbocycles. The van der Waals surface area contributed by atoms with Gasteiger partial charge in [-0.3, -0.25) is 9.69 Å². The minimum atomic E-state index is 0.00646. The van der Waals surface area contributed by atoms with Crippen molar-refractivity contribution in [1.82, 2.24) is 9.80 Å². The van der Waals surface area contributed by atoms with E-state index in [-0.39, 0.29) is 11.9 Å². The van der Waals surface area contributed by atoms with Crippen LogP contribution in [0, 0.1) is 5.92 Å². The van der Waals surface area contributed by atoms with Crippen LogP contribution in [-0.4, -0.2) is 42.4 Å². The average Bonchev–Trinajstić information content (AvgIpc) is 2.82. The molecule has 0 aromatic heterocycles. The third-order valence-electron chi connectivity index (χ3n) is 6.31. The van der Waals surface area contributed by atoms with Crippen molar-refractivity contribution in [3.8, 4) is 0 Å². The predicted octanol–water partition coefficient (Wildman–Crippen LogP) is 4.84. The van der Waals surface area contributed by atoms with Crippen molar-refractivity contribution in [1.29, 1.82) is 0 Å². The summed E-state index contributed by atoms with van der Waals surface area (Å²) in [5.41, 5.74) is 9.80. The van der Waals surface area contributed by atoms with Crippen LogP contribution in [0.5, 0.6) is 0 Å². The number of para-hydroxylation sites is 1. The number of anilines is 1. The molecule has 0 radical (unpaired) electrons. The number of amides is 1. The van der Waals surface area contributed by atoms with Gasteiger partial charge >= 0.3 is 0 Å². The molecule has 3 aromatic rings. The quantitative estimate of drug-likeness (QED) is 0.588. The van der Waals surface area contributed by atoms with Gasteiger partial charge in [0.2, 0.25) is 0 Å². The molecular weight excluding hydrogens is 382 g/mol. The fourth-order valence-electron chi connectivity index (χ4n) is 4.65. The van der Waals surface area contributed by atoms with Gasteiger partial charge in [-0.1, -0.05) is 72.8 Å². The van der Waals surface area contributed by atoms with Crippen molar-refractivity contribution >= 4 is 11.6 Å². The molecule has 4 nitrogen and oxygen atoms in total. The Labute approximate surface area is 185 Å². The lowest BCUT2D eigenvalue weighted by atomic mass is 9.91. The first kappa shape index (κ1) is 21.1. The maximum Gasteiger partial charge on any atom is 0.255 e. The van der Waals surface area contributed by atoms with Crippen LogP contribution in [0.2, 0.25) is 0 Å². The highest BCUT2D eigenvalue weighted by molar-refractivity contribution is 5.98. The van der Waals surface area contributed by atoms with Crippen molar-refractivity contribution in [2.24, 2.45) is 5.92 Å². The summed E-state index contributed by atoms with van der Waals surface area (Å²) in [7, 11) is 1.89. The van der Waals surface area contributed by atoms with Crippen LogP contribution >= 0.6 is 0 Å². The van der Waals surface area contributed by atoms with E-state index in [0.717, 1.165) is 32.5 Å². The highest BCUT2D eigenvalue weighted by Gasteiger charge is 2.28. The molecule has 0 unspecified atom stereocenters. The molecule has 0 bridgehead atoms. The van der Waals surface area contributed by atoms with E-state index >= 15 is 0 Å². The van der Waals surface area contributed by atoms with Crippen molar-refractivity contribution in [3.05, 3.63) is 102 Å². The number of nitrogen functional groups attached to an aromatic ring is 1. The van der Waals surface area contributed by atoms with Gasteiger partial charge in [0.25, 0.3) is 5.91 Å². The van der Waals surface area contributed by atoms with E-state index in [2.05, 4.69) is 65.6 Å². The second-order valence-electron chi connectivity index (χ2n) is 8.48. The number of hydrogen-bond acceptors (Lipinski definition) is 3. The molecule has 0 atom stereocenters. The number of carbonyl (C=O) groups excluding carboxylic acids is 1. The van der Waals surface area contributed by atoms with Gasteiger partial charge in [0.1, 0.15) is 0 Å². The van der Waals surface area contributed by atoms with E-state index in [4.69, 9.17) is 5.73 Å². The van der Waals surface area contributed by atoms with Gasteiger partial charge in [0, 0.05) is 19.3 Å². The summed E-state index contributed by atoms with van der Waals surface area (Å²) in [6.45, 7) is 2.81. The summed E-state index contributed by atoms with van der Waals surface area (Å²) in [5.74, 6) is 0.509. The third kappa shape index (κ3) is 4.97. The molecule has 1 saturated heterocycles. The minimum Gasteiger partial charge on any atom is -0.398 e. The SMILES string of the molecule is CN(CC1CCN(C(c2ccccc2)c2ccccc2)CC1)C(=O)c1ccccc1N. The van der Waals surface area contributed by atoms with E-state index in [1.165, 1.54) is 11.1 Å². The maximum absolute atomic E-state index is 12.8. The van der Waals surface area contributed by atoms with Crippen LogP contribution in [0.15, 0.2) is 84.9 Å². The Bertz CT molecular complexity index is 942. The van der Waals surface area contributed by atoms with E-state index in [0.29, 0.717) is 17.2 Å². The van der Waals surface area contributed by atoms with Crippen LogP contribution < -0.4 is 5.73 Å². The van der Waals surface area contributed by atoms with Gasteiger partial charge in [-0.15, -0.1) is 0 Å². The summed E-state index contributed by atoms with van der Waals surface area (Å²) in [6, 6.07) is 29.1. The Morgan fingerprint density at radius 2 is 1.42 bits per heavy atom. The molecule has 1 heterocycles. The summed E-state index contributed by atoms with van der Waals surface area (Å²) < 4.78 is 0. The second kappa shape index (κ2) is 9.80. The fraction of sp³-hybridized carbons (Fsp3) is 0.296. The van der Waals surface area contributed by atoms with Crippen LogP contribution in [0.3, 0.4) is 0 Å². The molecule has 1 fully saturated rings. The van der Waals surface area contributed by atoms with Crippen LogP contribution in [0.4, 0.5) is 5.69 Å². The average molecular weight is 414 g/mol. The number of likely N-dealkylation sites (tertiary alicyclic amines) is 1. The summed E-state index contributed by atoms with van der Waals surface area (Å²) >= 11 is 0. The number of nitrogens with zero attached hydrogens (tertiary/aromatic N) is 2. The normalized spacial score (nSPS) is 15.2. The van der Waals surface area contributed by atoms with Gasteiger partial charge in [-0.25, -0.2) is 0 Å². The molecule has 160 valence electrons. The Morgan fingerprint density at radius 3 is 1.97 bits per heavy atom. The smallest absolute Gasteiger partial charge is 0.255 e. The second-order valence-corrected chi connectivity index (χ2v) is 8.48. The standard InChI is InChI=1S/C27H31N3O/c1-29(27(31)24-14-8-9-15-25(24)28)20-21-16-18-30(19-17-21)26(22-10-4-2-5-11-22)23-12-6-3-7-13-23/h2-15,21,26H,16-20,28H2,1H3. The minimum absolute atomic E-state index is 0.00646. The first-order valence-corrected chi connectivity index (χ1v) is 11.1. The summed E-state index contributed by atoms with van der Waals surface area (Å²) in [5, 5.41) is 0. The van der Waals surface area contributed by atoms with Crippen LogP contribution in [0.1, 0.15) is 40.4 Å². The van der Waals surface area contributed by atoms with Crippen molar-refractivity contribution in [2.75, 3.05) is 32.4 Å². The lowest BCUT2D eigenvalue weighted by molar-refractivity contribution is 0.0728. The van der Waals surface area contributed by atoms with Crippen LogP contribution in [0.25, 0.3) is 0 Å². The molecule has 31 heavy (non-hydrogen) atoms. The van der Waals surface area contributed by atoms with Gasteiger partial charge in [0.05, 0.1) is 11.6 Å². The van der Waals surface area contributed by atoms with Gasteiger partial charge in [-0.05, 0) is 55.1 Å². The van der Waals surface area contributed by atoms with Crippen LogP contribution in [-0.2, 0) is 0 Å². The molecular formula is C27H31N3O. The van der Waals surface area contributed by atoms with Crippen molar-refractivity contribution in [3.63, 3.8) is 0 Å². The third-order valence-corrected chi connectivity index (χ3v) is 6.31. The molecule has 2 N–H and O–H groups in total. The zero-order chi connectivity index (χ0) is 21.6. The van der Waals surface area contributed by atoms with Crippen molar-refractivity contribution in [2.45, 2.75) is 18.9 Å². The number of rotatable bonds is 6. The summed E-state index contributed by atoms with van der Waals surface area (Å²) in [6.07, 6.45) is 2.16. The molecule has 0 aliphatic carbocycles. The van der Waals surface area contributed by atoms with E-state index in [1.54, 1.807) is 12.1 Å². The van der Waals surface area contributed by atoms with Gasteiger partial charge in [-0.2, -0.15) is 0 Å². The van der Waals surface area contributed by atoms with E-state index in [9.17, 15) is 4.79 Å². The highest BCUT2D eigenvalue weighted by atomic mass is 16.2. The number of carbonyl (C=O) groups is 1. The molecule has 1 aliphatic rings. The Morgan fingerprint density at radius 1 is 0.903 bits per heavy atom. The van der Waals surface area contributed by atoms with Gasteiger partial charge < -0.3 is 10.6 Å². The molecule has 4 rings (SSSR count). The zero-order valence-corrected chi connectivity index (χ0v) is 18.2. The highest BCUT2D eigenvalue weighted by Crippen LogP contribution is 2.32. The Kier molecular flexibility index (Phi) is 6.68. The maximum atomic E-state index is 12.8. The largest absolute Gasteiger partial charge is 0.398 e. The topological polar surface area (TPSA) is 49.6 Å². The number of piperidine rings is 1. The van der Waals surface area contributed by atoms with E-state index in [1.807, 2.05) is 24.1 Å². The Balaban J connectivity index is 1.41. The zero-order valence-electron chi connectivity index (χ0n) is 18.2. The molecule has 0 spiro atoms. The first-order valence-electron chi connectivity index (χ1n) is 11.1. The van der Waals surface area contributed by atoms with Gasteiger partial charge in [0.15, 0.2) is 0 Å². The number of nitrogens with two attached hydrogens (primary N) is 1. The molecule has 0 saturated carbocycles. The van der Waals surface area contributed by atoms with Crippen molar-refractivity contribution < 1.29 is 4.79 Å².